The van der Waals surface area contributed by atoms with Crippen LogP contribution < -0.4 is 0 Å². The van der Waals surface area contributed by atoms with Gasteiger partial charge in [0.1, 0.15) is 11.3 Å². The summed E-state index contributed by atoms with van der Waals surface area (Å²) in [6, 6.07) is 2.44. The molecule has 0 unspecified atom stereocenters. The number of carboxylic acids is 1. The van der Waals surface area contributed by atoms with Crippen molar-refractivity contribution in [2.45, 2.75) is 18.7 Å². The average molecular weight is 320 g/mol. The van der Waals surface area contributed by atoms with Crippen LogP contribution in [0, 0.1) is 0 Å². The van der Waals surface area contributed by atoms with E-state index in [4.69, 9.17) is 14.8 Å². The maximum Gasteiger partial charge on any atom is 0.339 e. The average Bonchev–Trinajstić information content (AvgIpc) is 2.25. The highest BCUT2D eigenvalue weighted by Gasteiger charge is 2.15. The van der Waals surface area contributed by atoms with E-state index < -0.39 is 44.2 Å². The van der Waals surface area contributed by atoms with Crippen molar-refractivity contribution in [2.24, 2.45) is 0 Å². The highest BCUT2D eigenvalue weighted by atomic mass is 32.2. The molecular formula is C11H12O9S. The van der Waals surface area contributed by atoms with Gasteiger partial charge in [-0.2, -0.15) is 8.42 Å². The molecule has 0 saturated heterocycles. The molecular weight excluding hydrogens is 308 g/mol. The van der Waals surface area contributed by atoms with Gasteiger partial charge in [-0.15, -0.1) is 0 Å². The van der Waals surface area contributed by atoms with Crippen molar-refractivity contribution in [3.8, 4) is 5.75 Å². The minimum atomic E-state index is -4.42. The first-order chi connectivity index (χ1) is 9.45. The minimum Gasteiger partial charge on any atom is -0.507 e. The molecule has 1 rings (SSSR count). The first-order valence-corrected chi connectivity index (χ1v) is 6.62. The molecule has 3 N–H and O–H groups in total. The minimum absolute atomic E-state index is 0.433. The van der Waals surface area contributed by atoms with Crippen LogP contribution in [0.3, 0.4) is 0 Å². The van der Waals surface area contributed by atoms with Crippen molar-refractivity contribution in [3.05, 3.63) is 23.8 Å². The number of ether oxygens (including phenoxy) is 1. The largest absolute Gasteiger partial charge is 0.507 e. The molecule has 0 aliphatic rings. The molecule has 0 spiro atoms. The molecule has 0 aliphatic heterocycles. The zero-order valence-corrected chi connectivity index (χ0v) is 11.7. The lowest BCUT2D eigenvalue weighted by Crippen LogP contribution is -2.03. The summed E-state index contributed by atoms with van der Waals surface area (Å²) in [5.41, 5.74) is -0.433. The molecule has 0 radical (unpaired) electrons. The summed E-state index contributed by atoms with van der Waals surface area (Å²) >= 11 is 0. The lowest BCUT2D eigenvalue weighted by Gasteiger charge is -2.01. The molecule has 0 saturated carbocycles. The van der Waals surface area contributed by atoms with Gasteiger partial charge in [-0.3, -0.25) is 14.1 Å². The maximum absolute atomic E-state index is 10.6. The molecule has 0 amide bonds. The summed E-state index contributed by atoms with van der Waals surface area (Å²) in [5, 5.41) is 17.6. The normalized spacial score (nSPS) is 10.0. The van der Waals surface area contributed by atoms with Crippen LogP contribution in [0.15, 0.2) is 23.1 Å². The van der Waals surface area contributed by atoms with Crippen LogP contribution in [0.5, 0.6) is 5.75 Å². The standard InChI is InChI=1S/C7H6O6S.C4H6O3/c8-6-3-4(14(11,12)13)1-2-5(6)7(9)10;1-3(5)7-4(2)6/h1-3,8H,(H,9,10)(H,11,12,13);1-2H3. The van der Waals surface area contributed by atoms with Gasteiger partial charge in [0.05, 0.1) is 4.90 Å². The van der Waals surface area contributed by atoms with Crippen molar-refractivity contribution in [2.75, 3.05) is 0 Å². The second-order valence-electron chi connectivity index (χ2n) is 3.54. The van der Waals surface area contributed by atoms with E-state index >= 15 is 0 Å². The predicted octanol–water partition coefficient (Wildman–Crippen LogP) is 0.433. The van der Waals surface area contributed by atoms with Crippen LogP contribution in [0.2, 0.25) is 0 Å². The summed E-state index contributed by atoms with van der Waals surface area (Å²) in [5.74, 6) is -3.22. The van der Waals surface area contributed by atoms with Crippen LogP contribution in [-0.2, 0) is 24.4 Å². The Bertz CT molecular complexity index is 648. The van der Waals surface area contributed by atoms with Crippen LogP contribution >= 0.6 is 0 Å². The second-order valence-corrected chi connectivity index (χ2v) is 4.97. The van der Waals surface area contributed by atoms with Crippen LogP contribution in [0.25, 0.3) is 0 Å². The van der Waals surface area contributed by atoms with Gasteiger partial charge in [0, 0.05) is 19.9 Å². The summed E-state index contributed by atoms with van der Waals surface area (Å²) in [6.07, 6.45) is 0. The fourth-order valence-electron chi connectivity index (χ4n) is 1.06. The summed E-state index contributed by atoms with van der Waals surface area (Å²) in [6.45, 7) is 2.36. The van der Waals surface area contributed by atoms with Gasteiger partial charge in [-0.05, 0) is 12.1 Å². The molecule has 1 aromatic carbocycles. The predicted molar refractivity (Wildman–Crippen MR) is 67.3 cm³/mol. The van der Waals surface area contributed by atoms with Crippen molar-refractivity contribution in [1.82, 2.24) is 0 Å². The van der Waals surface area contributed by atoms with E-state index in [0.29, 0.717) is 6.07 Å². The Balaban J connectivity index is 0.000000486. The number of aromatic hydroxyl groups is 1. The van der Waals surface area contributed by atoms with E-state index in [1.165, 1.54) is 13.8 Å². The first kappa shape index (κ1) is 18.5. The van der Waals surface area contributed by atoms with E-state index in [0.717, 1.165) is 12.1 Å². The molecule has 0 atom stereocenters. The molecule has 10 heteroatoms. The third kappa shape index (κ3) is 7.03. The number of carbonyl (C=O) groups excluding carboxylic acids is 2. The topological polar surface area (TPSA) is 155 Å². The fraction of sp³-hybridized carbons (Fsp3) is 0.182. The number of benzene rings is 1. The number of hydrogen-bond acceptors (Lipinski definition) is 7. The van der Waals surface area contributed by atoms with Crippen molar-refractivity contribution in [1.29, 1.82) is 0 Å². The van der Waals surface area contributed by atoms with Crippen molar-refractivity contribution >= 4 is 28.0 Å². The van der Waals surface area contributed by atoms with Gasteiger partial charge < -0.3 is 14.9 Å². The van der Waals surface area contributed by atoms with E-state index in [-0.39, 0.29) is 0 Å². The fourth-order valence-corrected chi connectivity index (χ4v) is 1.56. The smallest absolute Gasteiger partial charge is 0.339 e. The number of carbonyl (C=O) groups is 3. The summed E-state index contributed by atoms with van der Waals surface area (Å²) < 4.78 is 33.7. The molecule has 0 fully saturated rings. The first-order valence-electron chi connectivity index (χ1n) is 5.18. The van der Waals surface area contributed by atoms with Gasteiger partial charge in [0.15, 0.2) is 0 Å². The Morgan fingerprint density at radius 1 is 1.10 bits per heavy atom. The Morgan fingerprint density at radius 3 is 1.81 bits per heavy atom. The van der Waals surface area contributed by atoms with Gasteiger partial charge in [0.25, 0.3) is 10.1 Å². The van der Waals surface area contributed by atoms with E-state index in [9.17, 15) is 22.8 Å². The van der Waals surface area contributed by atoms with Gasteiger partial charge in [0.2, 0.25) is 0 Å². The van der Waals surface area contributed by atoms with Crippen LogP contribution in [-0.4, -0.2) is 41.1 Å². The monoisotopic (exact) mass is 320 g/mol. The molecule has 1 aromatic rings. The maximum atomic E-state index is 10.6. The second kappa shape index (κ2) is 7.36. The van der Waals surface area contributed by atoms with Crippen LogP contribution in [0.1, 0.15) is 24.2 Å². The molecule has 116 valence electrons. The molecule has 9 nitrogen and oxygen atoms in total. The number of carboxylic acid groups (broad SMARTS) is 1. The third-order valence-electron chi connectivity index (χ3n) is 1.78. The van der Waals surface area contributed by atoms with Gasteiger partial charge in [-0.1, -0.05) is 0 Å². The number of aromatic carboxylic acids is 1. The SMILES string of the molecule is CC(=O)OC(C)=O.O=C(O)c1ccc(S(=O)(=O)O)cc1O. The van der Waals surface area contributed by atoms with Gasteiger partial charge >= 0.3 is 17.9 Å². The van der Waals surface area contributed by atoms with E-state index in [2.05, 4.69) is 4.74 Å². The zero-order valence-electron chi connectivity index (χ0n) is 10.9. The molecule has 0 aromatic heterocycles. The number of phenols is 1. The Morgan fingerprint density at radius 2 is 1.57 bits per heavy atom. The molecule has 21 heavy (non-hydrogen) atoms. The Hall–Kier alpha value is -2.46. The van der Waals surface area contributed by atoms with E-state index in [1.807, 2.05) is 0 Å². The lowest BCUT2D eigenvalue weighted by atomic mass is 10.2. The van der Waals surface area contributed by atoms with Crippen molar-refractivity contribution < 1.29 is 42.3 Å². The van der Waals surface area contributed by atoms with Crippen molar-refractivity contribution in [3.63, 3.8) is 0 Å². The summed E-state index contributed by atoms with van der Waals surface area (Å²) in [7, 11) is -4.42. The zero-order chi connectivity index (χ0) is 16.8. The quantitative estimate of drug-likeness (QED) is 0.399. The third-order valence-corrected chi connectivity index (χ3v) is 2.63. The van der Waals surface area contributed by atoms with E-state index in [1.54, 1.807) is 0 Å². The molecule has 0 heterocycles. The molecule has 0 aliphatic carbocycles. The lowest BCUT2D eigenvalue weighted by molar-refractivity contribution is -0.156. The van der Waals surface area contributed by atoms with Gasteiger partial charge in [-0.25, -0.2) is 4.79 Å². The Kier molecular flexibility index (Phi) is 6.49. The number of hydrogen-bond donors (Lipinski definition) is 3. The van der Waals surface area contributed by atoms with Crippen LogP contribution in [0.4, 0.5) is 0 Å². The highest BCUT2D eigenvalue weighted by Crippen LogP contribution is 2.21. The molecule has 0 bridgehead atoms. The highest BCUT2D eigenvalue weighted by molar-refractivity contribution is 7.85. The number of rotatable bonds is 2. The Labute approximate surface area is 119 Å². The summed E-state index contributed by atoms with van der Waals surface area (Å²) in [4.78, 5) is 29.5. The number of esters is 2.